The lowest BCUT2D eigenvalue weighted by atomic mass is 9.75. The highest BCUT2D eigenvalue weighted by molar-refractivity contribution is 6.34. The first-order valence-electron chi connectivity index (χ1n) is 11.6. The number of carbonyl (C=O) groups is 2. The van der Waals surface area contributed by atoms with Crippen molar-refractivity contribution in [1.29, 1.82) is 0 Å². The van der Waals surface area contributed by atoms with Crippen molar-refractivity contribution < 1.29 is 32.2 Å². The van der Waals surface area contributed by atoms with Crippen molar-refractivity contribution in [3.8, 4) is 0 Å². The number of rotatable bonds is 6. The van der Waals surface area contributed by atoms with Crippen molar-refractivity contribution in [2.45, 2.75) is 51.7 Å². The fourth-order valence-corrected chi connectivity index (χ4v) is 5.07. The Hall–Kier alpha value is -2.59. The summed E-state index contributed by atoms with van der Waals surface area (Å²) in [4.78, 5) is 25.2. The summed E-state index contributed by atoms with van der Waals surface area (Å²) in [6.45, 7) is 4.31. The lowest BCUT2D eigenvalue weighted by Gasteiger charge is -2.36. The molecule has 0 radical (unpaired) electrons. The minimum Gasteiger partial charge on any atom is -0.462 e. The third-order valence-corrected chi connectivity index (χ3v) is 7.10. The molecule has 0 unspecified atom stereocenters. The number of benzene rings is 1. The molecule has 1 spiro atoms. The first-order chi connectivity index (χ1) is 16.6. The molecule has 35 heavy (non-hydrogen) atoms. The average Bonchev–Trinajstić information content (AvgIpc) is 3.10. The number of aryl methyl sites for hydroxylation is 2. The number of hydrogen-bond acceptors (Lipinski definition) is 5. The molecule has 190 valence electrons. The van der Waals surface area contributed by atoms with E-state index in [1.54, 1.807) is 4.68 Å². The van der Waals surface area contributed by atoms with E-state index in [0.717, 1.165) is 36.2 Å². The molecule has 0 saturated carbocycles. The maximum Gasteiger partial charge on any atom is 0.417 e. The Kier molecular flexibility index (Phi) is 7.42. The summed E-state index contributed by atoms with van der Waals surface area (Å²) < 4.78 is 51.6. The van der Waals surface area contributed by atoms with Gasteiger partial charge in [-0.25, -0.2) is 4.79 Å². The molecule has 1 fully saturated rings. The van der Waals surface area contributed by atoms with Crippen molar-refractivity contribution in [3.05, 3.63) is 51.3 Å². The van der Waals surface area contributed by atoms with Crippen molar-refractivity contribution >= 4 is 23.5 Å². The number of aromatic nitrogens is 2. The molecule has 2 aliphatic rings. The van der Waals surface area contributed by atoms with Gasteiger partial charge in [-0.05, 0) is 56.6 Å². The van der Waals surface area contributed by atoms with Gasteiger partial charge in [-0.3, -0.25) is 9.48 Å². The van der Waals surface area contributed by atoms with Crippen molar-refractivity contribution in [1.82, 2.24) is 15.1 Å². The molecule has 7 nitrogen and oxygen atoms in total. The van der Waals surface area contributed by atoms with E-state index in [0.29, 0.717) is 51.3 Å². The first-order valence-corrected chi connectivity index (χ1v) is 12.0. The van der Waals surface area contributed by atoms with E-state index in [2.05, 4.69) is 10.4 Å². The van der Waals surface area contributed by atoms with Crippen LogP contribution in [0.3, 0.4) is 0 Å². The number of esters is 1. The Balaban J connectivity index is 1.45. The van der Waals surface area contributed by atoms with Crippen LogP contribution in [-0.2, 0) is 35.0 Å². The molecule has 1 N–H and O–H groups in total. The topological polar surface area (TPSA) is 82.5 Å². The third-order valence-electron chi connectivity index (χ3n) is 6.69. The summed E-state index contributed by atoms with van der Waals surface area (Å²) in [5.74, 6) is -1.06. The van der Waals surface area contributed by atoms with Crippen LogP contribution >= 0.6 is 11.6 Å². The van der Waals surface area contributed by atoms with E-state index in [9.17, 15) is 22.8 Å². The lowest BCUT2D eigenvalue weighted by Crippen LogP contribution is -2.40. The number of carbonyl (C=O) groups excluding carboxylic acids is 2. The van der Waals surface area contributed by atoms with Gasteiger partial charge in [-0.1, -0.05) is 17.7 Å². The van der Waals surface area contributed by atoms with E-state index in [1.807, 2.05) is 6.92 Å². The summed E-state index contributed by atoms with van der Waals surface area (Å²) in [6.07, 6.45) is -1.42. The zero-order valence-electron chi connectivity index (χ0n) is 19.3. The van der Waals surface area contributed by atoms with Crippen LogP contribution in [0.1, 0.15) is 63.9 Å². The summed E-state index contributed by atoms with van der Waals surface area (Å²) in [5.41, 5.74) is 0.764. The van der Waals surface area contributed by atoms with Crippen molar-refractivity contribution in [2.24, 2.45) is 5.41 Å². The fourth-order valence-electron chi connectivity index (χ4n) is 4.76. The zero-order chi connectivity index (χ0) is 25.2. The maximum absolute atomic E-state index is 13.1. The van der Waals surface area contributed by atoms with Crippen LogP contribution in [0, 0.1) is 5.41 Å². The molecule has 0 atom stereocenters. The number of hydrogen-bond donors (Lipinski definition) is 1. The molecule has 1 amide bonds. The second-order valence-corrected chi connectivity index (χ2v) is 9.34. The second-order valence-electron chi connectivity index (χ2n) is 8.97. The third kappa shape index (κ3) is 5.33. The Morgan fingerprint density at radius 3 is 2.74 bits per heavy atom. The Bertz CT molecular complexity index is 1110. The molecular formula is C24H27ClF3N3O4. The van der Waals surface area contributed by atoms with Gasteiger partial charge < -0.3 is 14.8 Å². The van der Waals surface area contributed by atoms with Crippen LogP contribution in [0.4, 0.5) is 13.2 Å². The van der Waals surface area contributed by atoms with E-state index in [4.69, 9.17) is 21.1 Å². The minimum atomic E-state index is -4.67. The van der Waals surface area contributed by atoms with Crippen LogP contribution in [0.25, 0.3) is 0 Å². The number of halogens is 4. The predicted octanol–water partition coefficient (Wildman–Crippen LogP) is 4.45. The van der Waals surface area contributed by atoms with Gasteiger partial charge in [0.15, 0.2) is 0 Å². The molecule has 1 aromatic carbocycles. The smallest absolute Gasteiger partial charge is 0.417 e. The van der Waals surface area contributed by atoms with Crippen molar-refractivity contribution in [2.75, 3.05) is 26.4 Å². The van der Waals surface area contributed by atoms with Gasteiger partial charge in [0.05, 0.1) is 28.5 Å². The minimum absolute atomic E-state index is 0.0235. The fraction of sp³-hybridized carbons (Fsp3) is 0.542. The molecule has 2 aliphatic heterocycles. The van der Waals surface area contributed by atoms with Gasteiger partial charge >= 0.3 is 12.1 Å². The molecule has 0 aliphatic carbocycles. The maximum atomic E-state index is 13.1. The zero-order valence-corrected chi connectivity index (χ0v) is 20.1. The van der Waals surface area contributed by atoms with Crippen LogP contribution in [0.2, 0.25) is 5.02 Å². The van der Waals surface area contributed by atoms with Gasteiger partial charge in [0.2, 0.25) is 0 Å². The molecule has 1 saturated heterocycles. The molecule has 2 aromatic rings. The number of nitrogens with one attached hydrogen (secondary N) is 1. The number of fused-ring (bicyclic) bond motifs is 1. The van der Waals surface area contributed by atoms with Gasteiger partial charge in [-0.15, -0.1) is 0 Å². The first kappa shape index (κ1) is 25.5. The molecule has 11 heteroatoms. The van der Waals surface area contributed by atoms with Gasteiger partial charge in [0.1, 0.15) is 5.69 Å². The monoisotopic (exact) mass is 513 g/mol. The normalized spacial score (nSPS) is 17.6. The number of alkyl halides is 3. The predicted molar refractivity (Wildman–Crippen MR) is 121 cm³/mol. The summed E-state index contributed by atoms with van der Waals surface area (Å²) in [5, 5.41) is 7.02. The highest BCUT2D eigenvalue weighted by atomic mass is 35.5. The molecule has 3 heterocycles. The Morgan fingerprint density at radius 2 is 2.06 bits per heavy atom. The summed E-state index contributed by atoms with van der Waals surface area (Å²) >= 11 is 5.81. The van der Waals surface area contributed by atoms with E-state index >= 15 is 0 Å². The Labute approximate surface area is 205 Å². The number of ether oxygens (including phenoxy) is 2. The summed E-state index contributed by atoms with van der Waals surface area (Å²) in [6, 6.07) is 3.14. The van der Waals surface area contributed by atoms with Gasteiger partial charge in [0.25, 0.3) is 5.91 Å². The highest BCUT2D eigenvalue weighted by Crippen LogP contribution is 2.38. The van der Waals surface area contributed by atoms with E-state index in [-0.39, 0.29) is 23.5 Å². The van der Waals surface area contributed by atoms with Crippen LogP contribution in [0.15, 0.2) is 18.2 Å². The molecule has 4 rings (SSSR count). The lowest BCUT2D eigenvalue weighted by molar-refractivity contribution is -0.137. The molecule has 1 aromatic heterocycles. The largest absolute Gasteiger partial charge is 0.462 e. The van der Waals surface area contributed by atoms with Gasteiger partial charge in [0, 0.05) is 31.9 Å². The van der Waals surface area contributed by atoms with Gasteiger partial charge in [-0.2, -0.15) is 18.3 Å². The Morgan fingerprint density at radius 1 is 1.31 bits per heavy atom. The van der Waals surface area contributed by atoms with Crippen molar-refractivity contribution in [3.63, 3.8) is 0 Å². The summed E-state index contributed by atoms with van der Waals surface area (Å²) in [7, 11) is 0. The molecular weight excluding hydrogens is 487 g/mol. The quantitative estimate of drug-likeness (QED) is 0.456. The number of amides is 1. The van der Waals surface area contributed by atoms with Crippen LogP contribution in [0.5, 0.6) is 0 Å². The van der Waals surface area contributed by atoms with Crippen LogP contribution < -0.4 is 5.32 Å². The average molecular weight is 514 g/mol. The van der Waals surface area contributed by atoms with E-state index in [1.165, 1.54) is 6.07 Å². The number of nitrogens with zero attached hydrogens (tertiary/aromatic N) is 2. The SMILES string of the molecule is CCn1nc(CCCOC(=O)c2cccc(C(F)(F)F)c2Cl)c2c1C(=O)NCC1(CCOCC1)C2. The van der Waals surface area contributed by atoms with E-state index < -0.39 is 22.7 Å². The molecule has 0 bridgehead atoms. The highest BCUT2D eigenvalue weighted by Gasteiger charge is 2.39. The second kappa shape index (κ2) is 10.2. The standard InChI is InChI=1S/C24H27ClF3N3O4/c1-2-31-20-16(13-23(14-29-21(20)32)8-11-34-12-9-23)18(30-31)7-4-10-35-22(33)15-5-3-6-17(19(15)25)24(26,27)28/h3,5-6H,2,4,7-14H2,1H3,(H,29,32). The van der Waals surface area contributed by atoms with Crippen LogP contribution in [-0.4, -0.2) is 48.0 Å².